The number of carboxylic acid groups (broad SMARTS) is 1. The fourth-order valence-electron chi connectivity index (χ4n) is 4.71. The zero-order chi connectivity index (χ0) is 23.6. The molecule has 1 aliphatic heterocycles. The molecule has 1 aromatic heterocycles. The number of carbonyl (C=O) groups is 3. The molecule has 10 heteroatoms. The fourth-order valence-corrected chi connectivity index (χ4v) is 4.71. The standard InChI is InChI=1S/C24H35N3O6.ClH/c1-27-21(28)13-20(23(27)19-3-2-9-25-14-19)24(31)26-10-12-33-16-18-6-4-17(5-7-18)15-32-11-8-22(29)30;/h2-3,9,14,17-18,20,23H,4-8,10-13,15-16H2,1H3,(H,26,31)(H,29,30);1H/t17?,18?,20-,23+;/m0./s1. The van der Waals surface area contributed by atoms with Crippen molar-refractivity contribution in [2.75, 3.05) is 40.0 Å². The molecule has 2 atom stereocenters. The Labute approximate surface area is 207 Å². The van der Waals surface area contributed by atoms with Crippen molar-refractivity contribution in [2.24, 2.45) is 17.8 Å². The summed E-state index contributed by atoms with van der Waals surface area (Å²) in [4.78, 5) is 41.2. The van der Waals surface area contributed by atoms with Crippen molar-refractivity contribution in [3.8, 4) is 0 Å². The number of carbonyl (C=O) groups excluding carboxylic acids is 2. The Balaban J connectivity index is 0.00000408. The van der Waals surface area contributed by atoms with Crippen molar-refractivity contribution in [1.82, 2.24) is 15.2 Å². The number of nitrogens with one attached hydrogen (secondary N) is 1. The van der Waals surface area contributed by atoms with Crippen LogP contribution in [0, 0.1) is 17.8 Å². The summed E-state index contributed by atoms with van der Waals surface area (Å²) in [6.07, 6.45) is 7.91. The normalized spacial score (nSPS) is 24.5. The number of rotatable bonds is 12. The molecule has 1 saturated carbocycles. The molecule has 2 fully saturated rings. The Kier molecular flexibility index (Phi) is 11.7. The molecular weight excluding hydrogens is 462 g/mol. The predicted octanol–water partition coefficient (Wildman–Crippen LogP) is 2.45. The van der Waals surface area contributed by atoms with Crippen LogP contribution in [0.4, 0.5) is 0 Å². The Bertz CT molecular complexity index is 788. The molecule has 3 rings (SSSR count). The number of aromatic nitrogens is 1. The summed E-state index contributed by atoms with van der Waals surface area (Å²) in [5.41, 5.74) is 0.866. The zero-order valence-corrected chi connectivity index (χ0v) is 20.5. The highest BCUT2D eigenvalue weighted by Gasteiger charge is 2.42. The first kappa shape index (κ1) is 28.0. The molecule has 0 spiro atoms. The van der Waals surface area contributed by atoms with E-state index in [-0.39, 0.29) is 49.7 Å². The summed E-state index contributed by atoms with van der Waals surface area (Å²) in [6, 6.07) is 3.41. The van der Waals surface area contributed by atoms with E-state index in [2.05, 4.69) is 10.3 Å². The van der Waals surface area contributed by atoms with Crippen molar-refractivity contribution in [3.63, 3.8) is 0 Å². The van der Waals surface area contributed by atoms with Crippen LogP contribution in [0.1, 0.15) is 50.1 Å². The van der Waals surface area contributed by atoms with Gasteiger partial charge in [-0.05, 0) is 49.1 Å². The van der Waals surface area contributed by atoms with Gasteiger partial charge in [0.05, 0.1) is 31.6 Å². The van der Waals surface area contributed by atoms with E-state index < -0.39 is 11.9 Å². The van der Waals surface area contributed by atoms with Crippen LogP contribution in [0.5, 0.6) is 0 Å². The quantitative estimate of drug-likeness (QED) is 0.426. The lowest BCUT2D eigenvalue weighted by molar-refractivity contribution is -0.138. The summed E-state index contributed by atoms with van der Waals surface area (Å²) in [5, 5.41) is 11.6. The highest BCUT2D eigenvalue weighted by molar-refractivity contribution is 5.90. The summed E-state index contributed by atoms with van der Waals surface area (Å²) in [5.74, 6) is -0.429. The van der Waals surface area contributed by atoms with Crippen LogP contribution >= 0.6 is 12.4 Å². The van der Waals surface area contributed by atoms with Crippen LogP contribution in [-0.4, -0.2) is 72.8 Å². The first-order chi connectivity index (χ1) is 16.0. The number of halogens is 1. The van der Waals surface area contributed by atoms with E-state index in [4.69, 9.17) is 14.6 Å². The number of likely N-dealkylation sites (tertiary alicyclic amines) is 1. The molecular formula is C24H36ClN3O6. The number of hydrogen-bond acceptors (Lipinski definition) is 6. The highest BCUT2D eigenvalue weighted by Crippen LogP contribution is 2.36. The van der Waals surface area contributed by atoms with E-state index in [0.29, 0.717) is 38.2 Å². The van der Waals surface area contributed by atoms with Crippen molar-refractivity contribution in [1.29, 1.82) is 0 Å². The Hall–Kier alpha value is -2.23. The summed E-state index contributed by atoms with van der Waals surface area (Å²) in [7, 11) is 1.73. The Morgan fingerprint density at radius 2 is 1.79 bits per heavy atom. The van der Waals surface area contributed by atoms with Crippen LogP contribution in [0.3, 0.4) is 0 Å². The molecule has 2 amide bonds. The van der Waals surface area contributed by atoms with Gasteiger partial charge < -0.3 is 24.8 Å². The molecule has 1 aromatic rings. The van der Waals surface area contributed by atoms with Gasteiger partial charge in [-0.1, -0.05) is 6.07 Å². The molecule has 34 heavy (non-hydrogen) atoms. The van der Waals surface area contributed by atoms with E-state index in [1.165, 1.54) is 0 Å². The molecule has 9 nitrogen and oxygen atoms in total. The average Bonchev–Trinajstić information content (AvgIpc) is 3.12. The van der Waals surface area contributed by atoms with E-state index in [1.54, 1.807) is 24.3 Å². The maximum absolute atomic E-state index is 12.8. The van der Waals surface area contributed by atoms with Gasteiger partial charge in [0, 0.05) is 45.6 Å². The zero-order valence-electron chi connectivity index (χ0n) is 19.7. The van der Waals surface area contributed by atoms with Crippen molar-refractivity contribution >= 4 is 30.2 Å². The number of pyridine rings is 1. The lowest BCUT2D eigenvalue weighted by atomic mass is 9.83. The second-order valence-corrected chi connectivity index (χ2v) is 9.02. The SMILES string of the molecule is CN1C(=O)C[C@H](C(=O)NCCOCC2CCC(COCCC(=O)O)CC2)[C@H]1c1cccnc1.Cl. The second kappa shape index (κ2) is 14.2. The second-order valence-electron chi connectivity index (χ2n) is 9.02. The Morgan fingerprint density at radius 3 is 2.38 bits per heavy atom. The number of amides is 2. The molecule has 2 N–H and O–H groups in total. The summed E-state index contributed by atoms with van der Waals surface area (Å²) >= 11 is 0. The maximum atomic E-state index is 12.8. The first-order valence-corrected chi connectivity index (χ1v) is 11.8. The molecule has 190 valence electrons. The van der Waals surface area contributed by atoms with Crippen LogP contribution in [-0.2, 0) is 23.9 Å². The first-order valence-electron chi connectivity index (χ1n) is 11.8. The largest absolute Gasteiger partial charge is 0.481 e. The Morgan fingerprint density at radius 1 is 1.15 bits per heavy atom. The van der Waals surface area contributed by atoms with Crippen LogP contribution in [0.15, 0.2) is 24.5 Å². The van der Waals surface area contributed by atoms with Gasteiger partial charge in [-0.15, -0.1) is 12.4 Å². The fraction of sp³-hybridized carbons (Fsp3) is 0.667. The number of carboxylic acids is 1. The minimum atomic E-state index is -0.829. The van der Waals surface area contributed by atoms with Gasteiger partial charge in [-0.25, -0.2) is 0 Å². The lowest BCUT2D eigenvalue weighted by Crippen LogP contribution is -2.36. The van der Waals surface area contributed by atoms with E-state index in [9.17, 15) is 14.4 Å². The molecule has 1 saturated heterocycles. The third-order valence-corrected chi connectivity index (χ3v) is 6.63. The summed E-state index contributed by atoms with van der Waals surface area (Å²) in [6.45, 7) is 2.44. The van der Waals surface area contributed by atoms with E-state index >= 15 is 0 Å². The summed E-state index contributed by atoms with van der Waals surface area (Å²) < 4.78 is 11.3. The topological polar surface area (TPSA) is 118 Å². The molecule has 2 aliphatic rings. The number of ether oxygens (including phenoxy) is 2. The van der Waals surface area contributed by atoms with Crippen LogP contribution in [0.2, 0.25) is 0 Å². The minimum Gasteiger partial charge on any atom is -0.481 e. The highest BCUT2D eigenvalue weighted by atomic mass is 35.5. The van der Waals surface area contributed by atoms with E-state index in [0.717, 1.165) is 31.2 Å². The van der Waals surface area contributed by atoms with Crippen LogP contribution in [0.25, 0.3) is 0 Å². The molecule has 0 bridgehead atoms. The van der Waals surface area contributed by atoms with Gasteiger partial charge in [-0.3, -0.25) is 19.4 Å². The van der Waals surface area contributed by atoms with Gasteiger partial charge >= 0.3 is 5.97 Å². The van der Waals surface area contributed by atoms with Crippen molar-refractivity contribution in [3.05, 3.63) is 30.1 Å². The van der Waals surface area contributed by atoms with Gasteiger partial charge in [-0.2, -0.15) is 0 Å². The van der Waals surface area contributed by atoms with Crippen LogP contribution < -0.4 is 5.32 Å². The monoisotopic (exact) mass is 497 g/mol. The van der Waals surface area contributed by atoms with E-state index in [1.807, 2.05) is 12.1 Å². The number of aliphatic carboxylic acids is 1. The predicted molar refractivity (Wildman–Crippen MR) is 127 cm³/mol. The van der Waals surface area contributed by atoms with Gasteiger partial charge in [0.25, 0.3) is 0 Å². The number of nitrogens with zero attached hydrogens (tertiary/aromatic N) is 2. The molecule has 0 unspecified atom stereocenters. The third-order valence-electron chi connectivity index (χ3n) is 6.63. The smallest absolute Gasteiger partial charge is 0.305 e. The molecule has 1 aliphatic carbocycles. The molecule has 0 radical (unpaired) electrons. The maximum Gasteiger partial charge on any atom is 0.305 e. The molecule has 2 heterocycles. The number of hydrogen-bond donors (Lipinski definition) is 2. The third kappa shape index (κ3) is 8.21. The van der Waals surface area contributed by atoms with Crippen molar-refractivity contribution < 1.29 is 29.0 Å². The van der Waals surface area contributed by atoms with Gasteiger partial charge in [0.1, 0.15) is 0 Å². The van der Waals surface area contributed by atoms with Crippen molar-refractivity contribution in [2.45, 2.75) is 44.6 Å². The minimum absolute atomic E-state index is 0. The average molecular weight is 498 g/mol. The lowest BCUT2D eigenvalue weighted by Gasteiger charge is -2.28. The van der Waals surface area contributed by atoms with Gasteiger partial charge in [0.2, 0.25) is 11.8 Å². The molecule has 0 aromatic carbocycles. The van der Waals surface area contributed by atoms with Gasteiger partial charge in [0.15, 0.2) is 0 Å².